The summed E-state index contributed by atoms with van der Waals surface area (Å²) in [5.74, 6) is 0.699. The molecule has 0 saturated heterocycles. The Kier molecular flexibility index (Phi) is 6.55. The monoisotopic (exact) mass is 480 g/mol. The van der Waals surface area contributed by atoms with Crippen LogP contribution in [0.3, 0.4) is 0 Å². The molecule has 7 heteroatoms. The Morgan fingerprint density at radius 3 is 2.20 bits per heavy atom. The average molecular weight is 481 g/mol. The predicted octanol–water partition coefficient (Wildman–Crippen LogP) is 5.42. The highest BCUT2D eigenvalue weighted by Crippen LogP contribution is 2.63. The molecule has 7 nitrogen and oxygen atoms in total. The van der Waals surface area contributed by atoms with Crippen molar-refractivity contribution in [1.29, 1.82) is 0 Å². The molecular weight excluding hydrogens is 448 g/mol. The minimum Gasteiger partial charge on any atom is -0.478 e. The van der Waals surface area contributed by atoms with Gasteiger partial charge in [-0.1, -0.05) is 18.2 Å². The number of carbonyl (C=O) groups is 2. The number of aromatic carboxylic acids is 1. The zero-order valence-electron chi connectivity index (χ0n) is 20.2. The van der Waals surface area contributed by atoms with Crippen LogP contribution in [0.1, 0.15) is 71.7 Å². The molecule has 4 bridgehead atoms. The minimum absolute atomic E-state index is 0.0291. The van der Waals surface area contributed by atoms with E-state index in [1.807, 2.05) is 6.07 Å². The van der Waals surface area contributed by atoms with Crippen molar-refractivity contribution in [2.24, 2.45) is 17.8 Å². The molecular formula is C28H32O7. The first-order chi connectivity index (χ1) is 16.9. The highest BCUT2D eigenvalue weighted by Gasteiger charge is 2.54. The van der Waals surface area contributed by atoms with Crippen LogP contribution in [0, 0.1) is 17.8 Å². The molecule has 0 aromatic heterocycles. The summed E-state index contributed by atoms with van der Waals surface area (Å²) < 4.78 is 22.7. The summed E-state index contributed by atoms with van der Waals surface area (Å²) in [5.41, 5.74) is 0.756. The number of methoxy groups -OCH3 is 1. The third kappa shape index (κ3) is 4.67. The standard InChI is InChI=1S/C28H32O7/c1-17(32-2)33-16-34-23-9-8-22(26(29)30)25(35-27(31)21-6-4-3-5-7-21)24(23)28-13-18-10-19(14-28)12-20(11-18)15-28/h3-9,17-20H,10-16H2,1-2H3,(H,29,30). The second kappa shape index (κ2) is 9.63. The van der Waals surface area contributed by atoms with Crippen LogP contribution in [0.4, 0.5) is 0 Å². The van der Waals surface area contributed by atoms with Crippen LogP contribution in [0.15, 0.2) is 42.5 Å². The van der Waals surface area contributed by atoms with Crippen molar-refractivity contribution in [3.63, 3.8) is 0 Å². The average Bonchev–Trinajstić information content (AvgIpc) is 2.83. The Morgan fingerprint density at radius 1 is 1.00 bits per heavy atom. The van der Waals surface area contributed by atoms with Gasteiger partial charge < -0.3 is 24.1 Å². The van der Waals surface area contributed by atoms with Gasteiger partial charge in [0.2, 0.25) is 0 Å². The summed E-state index contributed by atoms with van der Waals surface area (Å²) in [7, 11) is 1.55. The SMILES string of the molecule is COC(C)OCOc1ccc(C(=O)O)c(OC(=O)c2ccccc2)c1C12CC3CC(CC(C3)C1)C2. The van der Waals surface area contributed by atoms with E-state index in [0.29, 0.717) is 34.6 Å². The van der Waals surface area contributed by atoms with Gasteiger partial charge in [0.1, 0.15) is 11.3 Å². The van der Waals surface area contributed by atoms with Crippen molar-refractivity contribution in [3.05, 3.63) is 59.2 Å². The van der Waals surface area contributed by atoms with Gasteiger partial charge in [-0.2, -0.15) is 0 Å². The molecule has 4 aliphatic carbocycles. The van der Waals surface area contributed by atoms with Crippen LogP contribution >= 0.6 is 0 Å². The third-order valence-corrected chi connectivity index (χ3v) is 7.97. The molecule has 35 heavy (non-hydrogen) atoms. The minimum atomic E-state index is -1.14. The molecule has 1 N–H and O–H groups in total. The first kappa shape index (κ1) is 23.8. The quantitative estimate of drug-likeness (QED) is 0.291. The number of hydrogen-bond acceptors (Lipinski definition) is 6. The summed E-state index contributed by atoms with van der Waals surface area (Å²) in [6.45, 7) is 1.71. The van der Waals surface area contributed by atoms with Crippen LogP contribution in [0.2, 0.25) is 0 Å². The molecule has 1 atom stereocenters. The second-order valence-electron chi connectivity index (χ2n) is 10.3. The van der Waals surface area contributed by atoms with E-state index in [1.165, 1.54) is 25.3 Å². The van der Waals surface area contributed by atoms with Crippen LogP contribution in [-0.4, -0.2) is 37.2 Å². The Labute approximate surface area is 205 Å². The lowest BCUT2D eigenvalue weighted by molar-refractivity contribution is -0.150. The zero-order valence-corrected chi connectivity index (χ0v) is 20.2. The van der Waals surface area contributed by atoms with E-state index in [2.05, 4.69) is 0 Å². The molecule has 186 valence electrons. The number of carboxylic acids is 1. The molecule has 1 unspecified atom stereocenters. The zero-order chi connectivity index (χ0) is 24.6. The molecule has 4 saturated carbocycles. The van der Waals surface area contributed by atoms with Crippen molar-refractivity contribution in [2.75, 3.05) is 13.9 Å². The molecule has 0 spiro atoms. The van der Waals surface area contributed by atoms with Gasteiger partial charge in [-0.15, -0.1) is 0 Å². The van der Waals surface area contributed by atoms with E-state index >= 15 is 0 Å². The van der Waals surface area contributed by atoms with Crippen molar-refractivity contribution in [3.8, 4) is 11.5 Å². The summed E-state index contributed by atoms with van der Waals surface area (Å²) in [6, 6.07) is 11.8. The van der Waals surface area contributed by atoms with Crippen molar-refractivity contribution in [1.82, 2.24) is 0 Å². The van der Waals surface area contributed by atoms with E-state index < -0.39 is 18.2 Å². The smallest absolute Gasteiger partial charge is 0.343 e. The maximum atomic E-state index is 13.1. The molecule has 0 amide bonds. The Balaban J connectivity index is 1.60. The van der Waals surface area contributed by atoms with Crippen LogP contribution < -0.4 is 9.47 Å². The number of ether oxygens (including phenoxy) is 4. The third-order valence-electron chi connectivity index (χ3n) is 7.97. The Hall–Kier alpha value is -2.90. The summed E-state index contributed by atoms with van der Waals surface area (Å²) in [5, 5.41) is 10.1. The van der Waals surface area contributed by atoms with Gasteiger partial charge in [0.05, 0.1) is 5.56 Å². The van der Waals surface area contributed by atoms with E-state index in [-0.39, 0.29) is 23.5 Å². The number of benzene rings is 2. The normalized spacial score (nSPS) is 27.4. The molecule has 0 radical (unpaired) electrons. The molecule has 0 aliphatic heterocycles. The largest absolute Gasteiger partial charge is 0.478 e. The maximum Gasteiger partial charge on any atom is 0.343 e. The fourth-order valence-electron chi connectivity index (χ4n) is 6.87. The summed E-state index contributed by atoms with van der Waals surface area (Å²) >= 11 is 0. The Bertz CT molecular complexity index is 1060. The van der Waals surface area contributed by atoms with Crippen LogP contribution in [-0.2, 0) is 14.9 Å². The first-order valence-electron chi connectivity index (χ1n) is 12.3. The Morgan fingerprint density at radius 2 is 1.63 bits per heavy atom. The van der Waals surface area contributed by atoms with Crippen LogP contribution in [0.25, 0.3) is 0 Å². The number of carbonyl (C=O) groups excluding carboxylic acids is 1. The van der Waals surface area contributed by atoms with Gasteiger partial charge >= 0.3 is 11.9 Å². The van der Waals surface area contributed by atoms with Crippen LogP contribution in [0.5, 0.6) is 11.5 Å². The topological polar surface area (TPSA) is 91.3 Å². The van der Waals surface area contributed by atoms with E-state index in [4.69, 9.17) is 18.9 Å². The fraction of sp³-hybridized carbons (Fsp3) is 0.500. The first-order valence-corrected chi connectivity index (χ1v) is 12.3. The van der Waals surface area contributed by atoms with E-state index in [1.54, 1.807) is 44.4 Å². The second-order valence-corrected chi connectivity index (χ2v) is 10.3. The van der Waals surface area contributed by atoms with Gasteiger partial charge in [0.25, 0.3) is 0 Å². The van der Waals surface area contributed by atoms with Gasteiger partial charge in [-0.25, -0.2) is 9.59 Å². The van der Waals surface area contributed by atoms with Crippen molar-refractivity contribution in [2.45, 2.75) is 57.2 Å². The lowest BCUT2D eigenvalue weighted by atomic mass is 9.47. The molecule has 4 aliphatic rings. The van der Waals surface area contributed by atoms with Gasteiger partial charge in [-0.05, 0) is 87.5 Å². The molecule has 6 rings (SSSR count). The van der Waals surface area contributed by atoms with Gasteiger partial charge in [0.15, 0.2) is 18.8 Å². The highest BCUT2D eigenvalue weighted by molar-refractivity contribution is 5.96. The molecule has 4 fully saturated rings. The molecule has 2 aromatic rings. The number of esters is 1. The van der Waals surface area contributed by atoms with E-state index in [0.717, 1.165) is 19.3 Å². The van der Waals surface area contributed by atoms with Gasteiger partial charge in [-0.3, -0.25) is 0 Å². The number of hydrogen-bond donors (Lipinski definition) is 1. The fourth-order valence-corrected chi connectivity index (χ4v) is 6.87. The lowest BCUT2D eigenvalue weighted by Gasteiger charge is -2.57. The van der Waals surface area contributed by atoms with Gasteiger partial charge in [0, 0.05) is 18.1 Å². The van der Waals surface area contributed by atoms with Crippen molar-refractivity contribution < 1.29 is 33.6 Å². The molecule has 2 aromatic carbocycles. The van der Waals surface area contributed by atoms with E-state index in [9.17, 15) is 14.7 Å². The highest BCUT2D eigenvalue weighted by atomic mass is 16.7. The number of carboxylic acid groups (broad SMARTS) is 1. The number of rotatable bonds is 9. The predicted molar refractivity (Wildman–Crippen MR) is 128 cm³/mol. The maximum absolute atomic E-state index is 13.1. The summed E-state index contributed by atoms with van der Waals surface area (Å²) in [6.07, 6.45) is 6.06. The molecule has 0 heterocycles. The summed E-state index contributed by atoms with van der Waals surface area (Å²) in [4.78, 5) is 25.4. The lowest BCUT2D eigenvalue weighted by Crippen LogP contribution is -2.49. The van der Waals surface area contributed by atoms with Crippen molar-refractivity contribution >= 4 is 11.9 Å².